The lowest BCUT2D eigenvalue weighted by Gasteiger charge is -2.10. The molecule has 0 fully saturated rings. The van der Waals surface area contributed by atoms with Crippen LogP contribution in [0.15, 0.2) is 52.1 Å². The molecule has 128 valence electrons. The van der Waals surface area contributed by atoms with Crippen LogP contribution in [-0.2, 0) is 11.3 Å². The number of carbonyl (C=O) groups is 1. The summed E-state index contributed by atoms with van der Waals surface area (Å²) in [4.78, 5) is 38.3. The number of nitrogens with one attached hydrogen (secondary N) is 2. The SMILES string of the molecule is Cc1ccc(NC(=O)CCn2c(=O)[nH]c(=O)c3ccccc32)cc1Cl. The van der Waals surface area contributed by atoms with Gasteiger partial charge in [0.1, 0.15) is 0 Å². The van der Waals surface area contributed by atoms with Crippen LogP contribution in [0.2, 0.25) is 5.02 Å². The smallest absolute Gasteiger partial charge is 0.326 e. The van der Waals surface area contributed by atoms with Gasteiger partial charge in [-0.25, -0.2) is 4.79 Å². The van der Waals surface area contributed by atoms with Gasteiger partial charge in [0.05, 0.1) is 10.9 Å². The number of H-pyrrole nitrogens is 1. The van der Waals surface area contributed by atoms with Crippen LogP contribution in [0.5, 0.6) is 0 Å². The van der Waals surface area contributed by atoms with E-state index >= 15 is 0 Å². The Hall–Kier alpha value is -2.86. The van der Waals surface area contributed by atoms with Crippen molar-refractivity contribution in [3.8, 4) is 0 Å². The van der Waals surface area contributed by atoms with Crippen molar-refractivity contribution in [2.45, 2.75) is 19.9 Å². The lowest BCUT2D eigenvalue weighted by Crippen LogP contribution is -2.31. The first kappa shape index (κ1) is 17.0. The summed E-state index contributed by atoms with van der Waals surface area (Å²) in [5.74, 6) is -0.248. The average Bonchev–Trinajstić information content (AvgIpc) is 2.58. The van der Waals surface area contributed by atoms with Crippen LogP contribution in [0.3, 0.4) is 0 Å². The molecule has 2 N–H and O–H groups in total. The fourth-order valence-electron chi connectivity index (χ4n) is 2.57. The summed E-state index contributed by atoms with van der Waals surface area (Å²) >= 11 is 6.04. The lowest BCUT2D eigenvalue weighted by atomic mass is 10.2. The molecule has 0 aliphatic carbocycles. The molecule has 0 unspecified atom stereocenters. The summed E-state index contributed by atoms with van der Waals surface area (Å²) in [6.07, 6.45) is 0.0848. The van der Waals surface area contributed by atoms with Crippen molar-refractivity contribution >= 4 is 34.1 Å². The molecule has 2 aromatic carbocycles. The number of carbonyl (C=O) groups excluding carboxylic acids is 1. The second-order valence-electron chi connectivity index (χ2n) is 5.69. The molecule has 0 aliphatic rings. The van der Waals surface area contributed by atoms with Crippen LogP contribution in [0.25, 0.3) is 10.9 Å². The number of nitrogens with zero attached hydrogens (tertiary/aromatic N) is 1. The minimum atomic E-state index is -0.533. The van der Waals surface area contributed by atoms with E-state index in [1.54, 1.807) is 36.4 Å². The second kappa shape index (κ2) is 6.94. The van der Waals surface area contributed by atoms with Crippen molar-refractivity contribution in [1.82, 2.24) is 9.55 Å². The van der Waals surface area contributed by atoms with Gasteiger partial charge in [-0.15, -0.1) is 0 Å². The van der Waals surface area contributed by atoms with Crippen molar-refractivity contribution < 1.29 is 4.79 Å². The van der Waals surface area contributed by atoms with Crippen LogP contribution in [0.4, 0.5) is 5.69 Å². The molecule has 0 atom stereocenters. The zero-order valence-electron chi connectivity index (χ0n) is 13.5. The highest BCUT2D eigenvalue weighted by Crippen LogP contribution is 2.20. The fourth-order valence-corrected chi connectivity index (χ4v) is 2.75. The predicted molar refractivity (Wildman–Crippen MR) is 98.3 cm³/mol. The van der Waals surface area contributed by atoms with E-state index in [0.717, 1.165) is 5.56 Å². The Morgan fingerprint density at radius 1 is 1.20 bits per heavy atom. The van der Waals surface area contributed by atoms with Crippen LogP contribution < -0.4 is 16.6 Å². The van der Waals surface area contributed by atoms with Gasteiger partial charge >= 0.3 is 5.69 Å². The molecule has 3 aromatic rings. The number of fused-ring (bicyclic) bond motifs is 1. The molecule has 0 spiro atoms. The first-order chi connectivity index (χ1) is 12.0. The molecule has 0 saturated heterocycles. The van der Waals surface area contributed by atoms with Crippen LogP contribution in [0, 0.1) is 6.92 Å². The molecule has 25 heavy (non-hydrogen) atoms. The molecule has 0 aliphatic heterocycles. The molecule has 0 radical (unpaired) electrons. The van der Waals surface area contributed by atoms with Crippen molar-refractivity contribution in [3.05, 3.63) is 73.9 Å². The second-order valence-corrected chi connectivity index (χ2v) is 6.10. The Labute approximate surface area is 148 Å². The van der Waals surface area contributed by atoms with Gasteiger partial charge in [-0.2, -0.15) is 0 Å². The summed E-state index contributed by atoms with van der Waals surface area (Å²) in [5.41, 5.74) is 1.05. The minimum Gasteiger partial charge on any atom is -0.326 e. The lowest BCUT2D eigenvalue weighted by molar-refractivity contribution is -0.116. The summed E-state index contributed by atoms with van der Waals surface area (Å²) in [6.45, 7) is 2.03. The highest BCUT2D eigenvalue weighted by Gasteiger charge is 2.09. The summed E-state index contributed by atoms with van der Waals surface area (Å²) < 4.78 is 1.39. The van der Waals surface area contributed by atoms with E-state index in [2.05, 4.69) is 10.3 Å². The molecule has 1 aromatic heterocycles. The maximum Gasteiger partial charge on any atom is 0.328 e. The number of rotatable bonds is 4. The number of benzene rings is 2. The van der Waals surface area contributed by atoms with Gasteiger partial charge in [-0.1, -0.05) is 29.8 Å². The predicted octanol–water partition coefficient (Wildman–Crippen LogP) is 2.68. The molecule has 1 amide bonds. The van der Waals surface area contributed by atoms with Crippen molar-refractivity contribution in [2.24, 2.45) is 0 Å². The number of hydrogen-bond donors (Lipinski definition) is 2. The van der Waals surface area contributed by atoms with E-state index in [1.807, 2.05) is 13.0 Å². The Bertz CT molecular complexity index is 1070. The number of hydrogen-bond acceptors (Lipinski definition) is 3. The normalized spacial score (nSPS) is 10.8. The molecule has 3 rings (SSSR count). The summed E-state index contributed by atoms with van der Waals surface area (Å²) in [5, 5.41) is 3.73. The first-order valence-corrected chi connectivity index (χ1v) is 8.11. The zero-order chi connectivity index (χ0) is 18.0. The number of aromatic amines is 1. The minimum absolute atomic E-state index is 0.0848. The third-order valence-electron chi connectivity index (χ3n) is 3.92. The van der Waals surface area contributed by atoms with Crippen LogP contribution >= 0.6 is 11.6 Å². The number of amides is 1. The topological polar surface area (TPSA) is 84.0 Å². The van der Waals surface area contributed by atoms with E-state index in [0.29, 0.717) is 21.6 Å². The largest absolute Gasteiger partial charge is 0.328 e. The van der Waals surface area contributed by atoms with Gasteiger partial charge in [0.2, 0.25) is 5.91 Å². The Balaban J connectivity index is 1.78. The Morgan fingerprint density at radius 2 is 1.96 bits per heavy atom. The molecular formula is C18H16ClN3O3. The molecule has 1 heterocycles. The zero-order valence-corrected chi connectivity index (χ0v) is 14.3. The van der Waals surface area contributed by atoms with Crippen molar-refractivity contribution in [2.75, 3.05) is 5.32 Å². The number of aromatic nitrogens is 2. The fraction of sp³-hybridized carbons (Fsp3) is 0.167. The van der Waals surface area contributed by atoms with Gasteiger partial charge in [-0.05, 0) is 36.8 Å². The number of aryl methyl sites for hydroxylation is 2. The van der Waals surface area contributed by atoms with Crippen LogP contribution in [-0.4, -0.2) is 15.5 Å². The average molecular weight is 358 g/mol. The quantitative estimate of drug-likeness (QED) is 0.753. The maximum atomic E-state index is 12.2. The van der Waals surface area contributed by atoms with Crippen molar-refractivity contribution in [1.29, 1.82) is 0 Å². The Kier molecular flexibility index (Phi) is 4.72. The highest BCUT2D eigenvalue weighted by atomic mass is 35.5. The third-order valence-corrected chi connectivity index (χ3v) is 4.33. The molecular weight excluding hydrogens is 342 g/mol. The van der Waals surface area contributed by atoms with E-state index in [1.165, 1.54) is 4.57 Å². The van der Waals surface area contributed by atoms with E-state index in [-0.39, 0.29) is 18.9 Å². The third kappa shape index (κ3) is 3.64. The van der Waals surface area contributed by atoms with Gasteiger partial charge in [0, 0.05) is 23.7 Å². The Morgan fingerprint density at radius 3 is 2.72 bits per heavy atom. The molecule has 0 bridgehead atoms. The molecule has 0 saturated carbocycles. The molecule has 7 heteroatoms. The van der Waals surface area contributed by atoms with Gasteiger partial charge in [0.15, 0.2) is 0 Å². The number of anilines is 1. The van der Waals surface area contributed by atoms with Gasteiger partial charge in [0.25, 0.3) is 5.56 Å². The van der Waals surface area contributed by atoms with Crippen LogP contribution in [0.1, 0.15) is 12.0 Å². The summed E-state index contributed by atoms with van der Waals surface area (Å²) in [7, 11) is 0. The van der Waals surface area contributed by atoms with Gasteiger partial charge in [-0.3, -0.25) is 19.1 Å². The summed E-state index contributed by atoms with van der Waals surface area (Å²) in [6, 6.07) is 12.0. The van der Waals surface area contributed by atoms with E-state index < -0.39 is 11.2 Å². The van der Waals surface area contributed by atoms with Gasteiger partial charge < -0.3 is 5.32 Å². The first-order valence-electron chi connectivity index (χ1n) is 7.73. The maximum absolute atomic E-state index is 12.2. The standard InChI is InChI=1S/C18H16ClN3O3/c1-11-6-7-12(10-14(11)19)20-16(23)8-9-22-15-5-3-2-4-13(15)17(24)21-18(22)25/h2-7,10H,8-9H2,1H3,(H,20,23)(H,21,24,25). The number of para-hydroxylation sites is 1. The molecule has 6 nitrogen and oxygen atoms in total. The van der Waals surface area contributed by atoms with E-state index in [4.69, 9.17) is 11.6 Å². The highest BCUT2D eigenvalue weighted by molar-refractivity contribution is 6.31. The van der Waals surface area contributed by atoms with E-state index in [9.17, 15) is 14.4 Å². The van der Waals surface area contributed by atoms with Crippen molar-refractivity contribution in [3.63, 3.8) is 0 Å². The number of halogens is 1. The monoisotopic (exact) mass is 357 g/mol.